The molecule has 1 N–H and O–H groups in total. The first-order valence-corrected chi connectivity index (χ1v) is 9.46. The minimum Gasteiger partial charge on any atom is -0.382 e. The van der Waals surface area contributed by atoms with E-state index >= 15 is 0 Å². The lowest BCUT2D eigenvalue weighted by molar-refractivity contribution is 0.316. The maximum atomic E-state index is 4.49. The van der Waals surface area contributed by atoms with Gasteiger partial charge in [0.25, 0.3) is 0 Å². The van der Waals surface area contributed by atoms with Crippen molar-refractivity contribution in [1.82, 2.24) is 9.88 Å². The molecule has 0 bridgehead atoms. The van der Waals surface area contributed by atoms with E-state index in [-0.39, 0.29) is 0 Å². The molecule has 3 nitrogen and oxygen atoms in total. The molecule has 0 fully saturated rings. The molecule has 0 radical (unpaired) electrons. The molecule has 3 heteroatoms. The number of fused-ring (bicyclic) bond motifs is 1. The monoisotopic (exact) mass is 347 g/mol. The van der Waals surface area contributed by atoms with Crippen molar-refractivity contribution in [3.05, 3.63) is 71.9 Å². The van der Waals surface area contributed by atoms with Gasteiger partial charge < -0.3 is 10.2 Å². The fourth-order valence-corrected chi connectivity index (χ4v) is 3.36. The molecule has 26 heavy (non-hydrogen) atoms. The number of rotatable bonds is 8. The molecule has 1 atom stereocenters. The predicted octanol–water partition coefficient (Wildman–Crippen LogP) is 5.26. The van der Waals surface area contributed by atoms with E-state index in [1.54, 1.807) is 0 Å². The van der Waals surface area contributed by atoms with Gasteiger partial charge in [-0.05, 0) is 63.5 Å². The van der Waals surface area contributed by atoms with Crippen molar-refractivity contribution < 1.29 is 0 Å². The standard InChI is InChI=1S/C23H29N3/c1-18-11-12-21-22(13-14-24-23(21)16-18)25-19(2)8-7-15-26(3)17-20-9-5-4-6-10-20/h4-6,9-14,16,19H,7-8,15,17H2,1-3H3,(H,24,25). The summed E-state index contributed by atoms with van der Waals surface area (Å²) >= 11 is 0. The number of aromatic nitrogens is 1. The number of hydrogen-bond donors (Lipinski definition) is 1. The van der Waals surface area contributed by atoms with Gasteiger partial charge in [-0.2, -0.15) is 0 Å². The maximum Gasteiger partial charge on any atom is 0.0725 e. The molecule has 0 spiro atoms. The number of nitrogens with zero attached hydrogens (tertiary/aromatic N) is 2. The van der Waals surface area contributed by atoms with E-state index in [1.807, 2.05) is 6.20 Å². The average Bonchev–Trinajstić information content (AvgIpc) is 2.62. The molecule has 1 unspecified atom stereocenters. The summed E-state index contributed by atoms with van der Waals surface area (Å²) < 4.78 is 0. The Kier molecular flexibility index (Phi) is 6.24. The van der Waals surface area contributed by atoms with Gasteiger partial charge in [-0.15, -0.1) is 0 Å². The summed E-state index contributed by atoms with van der Waals surface area (Å²) in [5.74, 6) is 0. The Morgan fingerprint density at radius 1 is 1.08 bits per heavy atom. The van der Waals surface area contributed by atoms with Crippen molar-refractivity contribution >= 4 is 16.6 Å². The normalized spacial score (nSPS) is 12.5. The second kappa shape index (κ2) is 8.81. The van der Waals surface area contributed by atoms with Gasteiger partial charge >= 0.3 is 0 Å². The molecule has 2 aromatic carbocycles. The van der Waals surface area contributed by atoms with Crippen LogP contribution in [0.4, 0.5) is 5.69 Å². The first-order chi connectivity index (χ1) is 12.6. The molecule has 1 aromatic heterocycles. The number of hydrogen-bond acceptors (Lipinski definition) is 3. The Hall–Kier alpha value is -2.39. The van der Waals surface area contributed by atoms with Gasteiger partial charge in [0.05, 0.1) is 5.52 Å². The second-order valence-corrected chi connectivity index (χ2v) is 7.29. The molecule has 3 aromatic rings. The number of nitrogens with one attached hydrogen (secondary N) is 1. The van der Waals surface area contributed by atoms with Gasteiger partial charge in [0, 0.05) is 29.9 Å². The van der Waals surface area contributed by atoms with E-state index in [1.165, 1.54) is 28.6 Å². The molecule has 1 heterocycles. The van der Waals surface area contributed by atoms with E-state index < -0.39 is 0 Å². The van der Waals surface area contributed by atoms with Crippen LogP contribution in [-0.2, 0) is 6.54 Å². The smallest absolute Gasteiger partial charge is 0.0725 e. The van der Waals surface area contributed by atoms with E-state index in [9.17, 15) is 0 Å². The fraction of sp³-hybridized carbons (Fsp3) is 0.348. The van der Waals surface area contributed by atoms with Gasteiger partial charge in [-0.1, -0.05) is 42.5 Å². The van der Waals surface area contributed by atoms with Crippen LogP contribution >= 0.6 is 0 Å². The summed E-state index contributed by atoms with van der Waals surface area (Å²) in [7, 11) is 2.20. The summed E-state index contributed by atoms with van der Waals surface area (Å²) in [5.41, 5.74) is 4.86. The van der Waals surface area contributed by atoms with Crippen LogP contribution in [0.5, 0.6) is 0 Å². The zero-order valence-electron chi connectivity index (χ0n) is 16.1. The minimum atomic E-state index is 0.437. The predicted molar refractivity (Wildman–Crippen MR) is 112 cm³/mol. The highest BCUT2D eigenvalue weighted by atomic mass is 15.1. The lowest BCUT2D eigenvalue weighted by Crippen LogP contribution is -2.22. The molecule has 0 aliphatic rings. The maximum absolute atomic E-state index is 4.49. The molecule has 0 aliphatic heterocycles. The highest BCUT2D eigenvalue weighted by molar-refractivity contribution is 5.91. The number of pyridine rings is 1. The zero-order valence-corrected chi connectivity index (χ0v) is 16.1. The lowest BCUT2D eigenvalue weighted by Gasteiger charge is -2.20. The summed E-state index contributed by atoms with van der Waals surface area (Å²) in [6.07, 6.45) is 4.22. The molecular formula is C23H29N3. The molecule has 0 aliphatic carbocycles. The molecule has 136 valence electrons. The van der Waals surface area contributed by atoms with E-state index in [0.717, 1.165) is 25.0 Å². The van der Waals surface area contributed by atoms with Crippen LogP contribution in [0, 0.1) is 6.92 Å². The highest BCUT2D eigenvalue weighted by Crippen LogP contribution is 2.23. The van der Waals surface area contributed by atoms with Gasteiger partial charge in [-0.25, -0.2) is 0 Å². The third kappa shape index (κ3) is 5.06. The molecule has 0 saturated carbocycles. The highest BCUT2D eigenvalue weighted by Gasteiger charge is 2.07. The third-order valence-electron chi connectivity index (χ3n) is 4.77. The Bertz CT molecular complexity index is 829. The van der Waals surface area contributed by atoms with Gasteiger partial charge in [0.15, 0.2) is 0 Å². The quantitative estimate of drug-likeness (QED) is 0.603. The largest absolute Gasteiger partial charge is 0.382 e. The summed E-state index contributed by atoms with van der Waals surface area (Å²) in [6.45, 7) is 6.49. The Morgan fingerprint density at radius 3 is 2.69 bits per heavy atom. The SMILES string of the molecule is Cc1ccc2c(NC(C)CCCN(C)Cc3ccccc3)ccnc2c1. The topological polar surface area (TPSA) is 28.2 Å². The van der Waals surface area contributed by atoms with Crippen LogP contribution < -0.4 is 5.32 Å². The van der Waals surface area contributed by atoms with Crippen LogP contribution in [0.3, 0.4) is 0 Å². The van der Waals surface area contributed by atoms with Gasteiger partial charge in [0.1, 0.15) is 0 Å². The van der Waals surface area contributed by atoms with Crippen molar-refractivity contribution in [3.63, 3.8) is 0 Å². The van der Waals surface area contributed by atoms with E-state index in [4.69, 9.17) is 0 Å². The van der Waals surface area contributed by atoms with Crippen molar-refractivity contribution in [3.8, 4) is 0 Å². The Labute approximate surface area is 157 Å². The molecule has 0 amide bonds. The first-order valence-electron chi connectivity index (χ1n) is 9.46. The number of aryl methyl sites for hydroxylation is 1. The van der Waals surface area contributed by atoms with Crippen LogP contribution in [0.25, 0.3) is 10.9 Å². The Morgan fingerprint density at radius 2 is 1.88 bits per heavy atom. The van der Waals surface area contributed by atoms with Crippen LogP contribution in [-0.4, -0.2) is 29.5 Å². The van der Waals surface area contributed by atoms with E-state index in [0.29, 0.717) is 6.04 Å². The van der Waals surface area contributed by atoms with E-state index in [2.05, 4.69) is 90.7 Å². The van der Waals surface area contributed by atoms with Gasteiger partial charge in [-0.3, -0.25) is 4.98 Å². The second-order valence-electron chi connectivity index (χ2n) is 7.29. The Balaban J connectivity index is 1.49. The first kappa shape index (κ1) is 18.4. The molecule has 0 saturated heterocycles. The van der Waals surface area contributed by atoms with Gasteiger partial charge in [0.2, 0.25) is 0 Å². The minimum absolute atomic E-state index is 0.437. The summed E-state index contributed by atoms with van der Waals surface area (Å²) in [5, 5.41) is 4.87. The van der Waals surface area contributed by atoms with Crippen molar-refractivity contribution in [2.45, 2.75) is 39.3 Å². The van der Waals surface area contributed by atoms with Crippen molar-refractivity contribution in [1.29, 1.82) is 0 Å². The number of anilines is 1. The van der Waals surface area contributed by atoms with Crippen LogP contribution in [0.15, 0.2) is 60.8 Å². The number of benzene rings is 2. The van der Waals surface area contributed by atoms with Crippen molar-refractivity contribution in [2.75, 3.05) is 18.9 Å². The fourth-order valence-electron chi connectivity index (χ4n) is 3.36. The average molecular weight is 348 g/mol. The lowest BCUT2D eigenvalue weighted by atomic mass is 10.1. The summed E-state index contributed by atoms with van der Waals surface area (Å²) in [6, 6.07) is 19.6. The van der Waals surface area contributed by atoms with Crippen LogP contribution in [0.2, 0.25) is 0 Å². The molecular weight excluding hydrogens is 318 g/mol. The summed E-state index contributed by atoms with van der Waals surface area (Å²) in [4.78, 5) is 6.88. The van der Waals surface area contributed by atoms with Crippen LogP contribution in [0.1, 0.15) is 30.9 Å². The molecule has 3 rings (SSSR count). The third-order valence-corrected chi connectivity index (χ3v) is 4.77. The van der Waals surface area contributed by atoms with Crippen molar-refractivity contribution in [2.24, 2.45) is 0 Å². The zero-order chi connectivity index (χ0) is 18.4.